The zero-order chi connectivity index (χ0) is 14.1. The van der Waals surface area contributed by atoms with E-state index in [1.807, 2.05) is 0 Å². The van der Waals surface area contributed by atoms with E-state index < -0.39 is 23.8 Å². The maximum Gasteiger partial charge on any atom is 0.416 e. The number of methoxy groups -OCH3 is 1. The van der Waals surface area contributed by atoms with Gasteiger partial charge in [0.25, 0.3) is 0 Å². The second-order valence-corrected chi connectivity index (χ2v) is 4.25. The molecule has 0 saturated carbocycles. The predicted octanol–water partition coefficient (Wildman–Crippen LogP) is 2.56. The summed E-state index contributed by atoms with van der Waals surface area (Å²) in [5.74, 6) is -1.47. The molecule has 0 radical (unpaired) electrons. The highest BCUT2D eigenvalue weighted by Gasteiger charge is 2.33. The minimum Gasteiger partial charge on any atom is -0.495 e. The number of aliphatic carboxylic acids is 1. The molecule has 3 N–H and O–H groups in total. The topological polar surface area (TPSA) is 72.5 Å². The summed E-state index contributed by atoms with van der Waals surface area (Å²) in [6.07, 6.45) is -4.60. The van der Waals surface area contributed by atoms with Crippen LogP contribution in [0.1, 0.15) is 17.2 Å². The summed E-state index contributed by atoms with van der Waals surface area (Å²) < 4.78 is 42.6. The minimum absolute atomic E-state index is 0.00785. The van der Waals surface area contributed by atoms with Gasteiger partial charge in [-0.25, -0.2) is 0 Å². The largest absolute Gasteiger partial charge is 0.495 e. The molecule has 0 aliphatic carbocycles. The zero-order valence-electron chi connectivity index (χ0n) is 9.08. The molecule has 8 heteroatoms. The number of nitrogens with two attached hydrogens (primary N) is 1. The molecule has 0 saturated heterocycles. The smallest absolute Gasteiger partial charge is 0.416 e. The Labute approximate surface area is 109 Å². The van der Waals surface area contributed by atoms with Gasteiger partial charge < -0.3 is 15.6 Å². The molecule has 1 unspecified atom stereocenters. The molecule has 18 heavy (non-hydrogen) atoms. The van der Waals surface area contributed by atoms with E-state index in [-0.39, 0.29) is 15.8 Å². The van der Waals surface area contributed by atoms with Crippen LogP contribution in [-0.4, -0.2) is 18.2 Å². The lowest BCUT2D eigenvalue weighted by atomic mass is 10.0. The van der Waals surface area contributed by atoms with Gasteiger partial charge in [-0.3, -0.25) is 4.79 Å². The summed E-state index contributed by atoms with van der Waals surface area (Å²) in [5, 5.41) is 8.76. The first-order valence-electron chi connectivity index (χ1n) is 4.61. The lowest BCUT2D eigenvalue weighted by molar-refractivity contribution is -0.140. The van der Waals surface area contributed by atoms with Gasteiger partial charge >= 0.3 is 12.1 Å². The third kappa shape index (κ3) is 2.94. The number of carbonyl (C=O) groups is 1. The van der Waals surface area contributed by atoms with Crippen molar-refractivity contribution >= 4 is 21.9 Å². The summed E-state index contributed by atoms with van der Waals surface area (Å²) >= 11 is 2.89. The summed E-state index contributed by atoms with van der Waals surface area (Å²) in [6, 6.07) is -0.127. The lowest BCUT2D eigenvalue weighted by Crippen LogP contribution is -2.22. The van der Waals surface area contributed by atoms with Crippen LogP contribution >= 0.6 is 15.9 Å². The first-order chi connectivity index (χ1) is 8.18. The van der Waals surface area contributed by atoms with Gasteiger partial charge in [0.2, 0.25) is 0 Å². The lowest BCUT2D eigenvalue weighted by Gasteiger charge is -2.17. The molecule has 100 valence electrons. The third-order valence-corrected chi connectivity index (χ3v) is 2.79. The van der Waals surface area contributed by atoms with Gasteiger partial charge in [-0.1, -0.05) is 0 Å². The Hall–Kier alpha value is -1.28. The van der Waals surface area contributed by atoms with Crippen LogP contribution in [0, 0.1) is 0 Å². The summed E-state index contributed by atoms with van der Waals surface area (Å²) in [4.78, 5) is 10.8. The molecule has 0 aliphatic heterocycles. The Morgan fingerprint density at radius 2 is 2.06 bits per heavy atom. The fourth-order valence-corrected chi connectivity index (χ4v) is 2.00. The Kier molecular flexibility index (Phi) is 4.23. The monoisotopic (exact) mass is 327 g/mol. The average Bonchev–Trinajstić information content (AvgIpc) is 2.25. The van der Waals surface area contributed by atoms with Crippen LogP contribution in [0.15, 0.2) is 16.6 Å². The number of rotatable bonds is 3. The van der Waals surface area contributed by atoms with Crippen molar-refractivity contribution in [2.45, 2.75) is 12.2 Å². The molecule has 0 aromatic heterocycles. The maximum absolute atomic E-state index is 12.6. The van der Waals surface area contributed by atoms with E-state index in [1.54, 1.807) is 0 Å². The summed E-state index contributed by atoms with van der Waals surface area (Å²) in [7, 11) is 1.21. The zero-order valence-corrected chi connectivity index (χ0v) is 10.7. The Bertz CT molecular complexity index is 476. The van der Waals surface area contributed by atoms with E-state index >= 15 is 0 Å². The van der Waals surface area contributed by atoms with Gasteiger partial charge in [0, 0.05) is 5.56 Å². The fraction of sp³-hybridized carbons (Fsp3) is 0.300. The molecule has 0 aliphatic rings. The molecule has 0 bridgehead atoms. The minimum atomic E-state index is -4.60. The number of halogens is 4. The standard InChI is InChI=1S/C10H9BrF3NO3/c1-18-8-5(7(15)9(16)17)2-4(3-6(8)11)10(12,13)14/h2-3,7H,15H2,1H3,(H,16,17). The number of ether oxygens (including phenoxy) is 1. The number of hydrogen-bond donors (Lipinski definition) is 2. The highest BCUT2D eigenvalue weighted by atomic mass is 79.9. The molecule has 0 fully saturated rings. The van der Waals surface area contributed by atoms with E-state index in [0.29, 0.717) is 6.07 Å². The molecular formula is C10H9BrF3NO3. The molecule has 4 nitrogen and oxygen atoms in total. The quantitative estimate of drug-likeness (QED) is 0.894. The number of carboxylic acids is 1. The van der Waals surface area contributed by atoms with Gasteiger partial charge in [-0.15, -0.1) is 0 Å². The van der Waals surface area contributed by atoms with E-state index in [0.717, 1.165) is 6.07 Å². The highest BCUT2D eigenvalue weighted by molar-refractivity contribution is 9.10. The van der Waals surface area contributed by atoms with Crippen molar-refractivity contribution in [1.82, 2.24) is 0 Å². The number of alkyl halides is 3. The van der Waals surface area contributed by atoms with Crippen molar-refractivity contribution in [1.29, 1.82) is 0 Å². The van der Waals surface area contributed by atoms with Gasteiger partial charge in [0.15, 0.2) is 0 Å². The first kappa shape index (κ1) is 14.8. The SMILES string of the molecule is COc1c(Br)cc(C(F)(F)F)cc1C(N)C(=O)O. The van der Waals surface area contributed by atoms with Crippen molar-refractivity contribution in [2.75, 3.05) is 7.11 Å². The fourth-order valence-electron chi connectivity index (χ4n) is 1.36. The van der Waals surface area contributed by atoms with Crippen LogP contribution < -0.4 is 10.5 Å². The summed E-state index contributed by atoms with van der Waals surface area (Å²) in [6.45, 7) is 0. The van der Waals surface area contributed by atoms with Gasteiger partial charge in [-0.2, -0.15) is 13.2 Å². The number of carboxylic acid groups (broad SMARTS) is 1. The summed E-state index contributed by atoms with van der Waals surface area (Å²) in [5.41, 5.74) is 4.09. The normalized spacial score (nSPS) is 13.2. The van der Waals surface area contributed by atoms with E-state index in [4.69, 9.17) is 15.6 Å². The second kappa shape index (κ2) is 5.15. The predicted molar refractivity (Wildman–Crippen MR) is 60.3 cm³/mol. The third-order valence-electron chi connectivity index (χ3n) is 2.20. The van der Waals surface area contributed by atoms with E-state index in [1.165, 1.54) is 7.11 Å². The number of hydrogen-bond acceptors (Lipinski definition) is 3. The number of benzene rings is 1. The van der Waals surface area contributed by atoms with Gasteiger partial charge in [-0.05, 0) is 28.1 Å². The molecule has 1 rings (SSSR count). The van der Waals surface area contributed by atoms with Crippen LogP contribution in [0.4, 0.5) is 13.2 Å². The first-order valence-corrected chi connectivity index (χ1v) is 5.40. The van der Waals surface area contributed by atoms with E-state index in [2.05, 4.69) is 15.9 Å². The van der Waals surface area contributed by atoms with E-state index in [9.17, 15) is 18.0 Å². The van der Waals surface area contributed by atoms with Crippen molar-refractivity contribution in [3.05, 3.63) is 27.7 Å². The molecule has 0 spiro atoms. The molecular weight excluding hydrogens is 319 g/mol. The van der Waals surface area contributed by atoms with Gasteiger partial charge in [0.05, 0.1) is 17.1 Å². The molecule has 1 aromatic rings. The van der Waals surface area contributed by atoms with Crippen LogP contribution in [0.25, 0.3) is 0 Å². The highest BCUT2D eigenvalue weighted by Crippen LogP contribution is 2.39. The Balaban J connectivity index is 3.46. The van der Waals surface area contributed by atoms with Crippen LogP contribution in [0.2, 0.25) is 0 Å². The Morgan fingerprint density at radius 3 is 2.44 bits per heavy atom. The average molecular weight is 328 g/mol. The molecule has 1 atom stereocenters. The van der Waals surface area contributed by atoms with Crippen LogP contribution in [-0.2, 0) is 11.0 Å². The van der Waals surface area contributed by atoms with Crippen molar-refractivity contribution in [3.63, 3.8) is 0 Å². The Morgan fingerprint density at radius 1 is 1.50 bits per heavy atom. The van der Waals surface area contributed by atoms with Crippen molar-refractivity contribution in [3.8, 4) is 5.75 Å². The second-order valence-electron chi connectivity index (χ2n) is 3.39. The van der Waals surface area contributed by atoms with Crippen molar-refractivity contribution < 1.29 is 27.8 Å². The van der Waals surface area contributed by atoms with Crippen molar-refractivity contribution in [2.24, 2.45) is 5.73 Å². The molecule has 0 amide bonds. The molecule has 1 aromatic carbocycles. The molecule has 0 heterocycles. The van der Waals surface area contributed by atoms with Crippen LogP contribution in [0.5, 0.6) is 5.75 Å². The van der Waals surface area contributed by atoms with Crippen LogP contribution in [0.3, 0.4) is 0 Å². The van der Waals surface area contributed by atoms with Gasteiger partial charge in [0.1, 0.15) is 11.8 Å². The maximum atomic E-state index is 12.6.